The highest BCUT2D eigenvalue weighted by molar-refractivity contribution is 5.99. The van der Waals surface area contributed by atoms with Crippen molar-refractivity contribution in [3.05, 3.63) is 210 Å². The van der Waals surface area contributed by atoms with E-state index in [-0.39, 0.29) is 17.6 Å². The Morgan fingerprint density at radius 2 is 1.11 bits per heavy atom. The van der Waals surface area contributed by atoms with E-state index in [9.17, 15) is 0 Å². The summed E-state index contributed by atoms with van der Waals surface area (Å²) in [7, 11) is 0. The largest absolute Gasteiger partial charge is 0.312 e. The normalized spacial score (nSPS) is 14.3. The van der Waals surface area contributed by atoms with E-state index in [0.717, 1.165) is 11.1 Å². The van der Waals surface area contributed by atoms with Gasteiger partial charge in [0.05, 0.1) is 12.2 Å². The molecule has 0 amide bonds. The lowest BCUT2D eigenvalue weighted by Gasteiger charge is -2.23. The van der Waals surface area contributed by atoms with E-state index in [1.165, 1.54) is 71.6 Å². The molecule has 0 saturated carbocycles. The lowest BCUT2D eigenvalue weighted by molar-refractivity contribution is 0.509. The minimum absolute atomic E-state index is 0.103. The Labute approximate surface area is 312 Å². The number of hydrogen-bond donors (Lipinski definition) is 2. The first-order chi connectivity index (χ1) is 25.9. The van der Waals surface area contributed by atoms with Gasteiger partial charge in [0.1, 0.15) is 0 Å². The zero-order valence-electron chi connectivity index (χ0n) is 30.1. The van der Waals surface area contributed by atoms with Crippen LogP contribution < -0.4 is 11.1 Å². The summed E-state index contributed by atoms with van der Waals surface area (Å²) in [5.74, 6) is 0. The molecule has 0 bridgehead atoms. The van der Waals surface area contributed by atoms with Crippen LogP contribution in [0.2, 0.25) is 0 Å². The van der Waals surface area contributed by atoms with Crippen molar-refractivity contribution in [2.45, 2.75) is 31.5 Å². The second-order valence-corrected chi connectivity index (χ2v) is 14.8. The van der Waals surface area contributed by atoms with E-state index >= 15 is 0 Å². The van der Waals surface area contributed by atoms with Crippen molar-refractivity contribution < 1.29 is 0 Å². The Hall–Kier alpha value is -6.06. The third kappa shape index (κ3) is 6.06. The molecule has 0 aliphatic heterocycles. The second-order valence-electron chi connectivity index (χ2n) is 14.8. The first-order valence-electron chi connectivity index (χ1n) is 18.5. The molecule has 0 fully saturated rings. The van der Waals surface area contributed by atoms with E-state index in [0.29, 0.717) is 0 Å². The summed E-state index contributed by atoms with van der Waals surface area (Å²) in [5, 5.41) is 8.80. The Balaban J connectivity index is 1.13. The maximum absolute atomic E-state index is 6.86. The lowest BCUT2D eigenvalue weighted by atomic mass is 9.81. The van der Waals surface area contributed by atoms with Crippen LogP contribution in [0, 0.1) is 0 Å². The van der Waals surface area contributed by atoms with Crippen LogP contribution in [-0.4, -0.2) is 0 Å². The fourth-order valence-electron chi connectivity index (χ4n) is 8.28. The van der Waals surface area contributed by atoms with Gasteiger partial charge in [-0.05, 0) is 107 Å². The number of nitrogens with two attached hydrogens (primary N) is 1. The van der Waals surface area contributed by atoms with E-state index < -0.39 is 0 Å². The van der Waals surface area contributed by atoms with Gasteiger partial charge in [0.25, 0.3) is 0 Å². The van der Waals surface area contributed by atoms with Crippen molar-refractivity contribution in [3.63, 3.8) is 0 Å². The maximum Gasteiger partial charge on any atom is 0.0817 e. The highest BCUT2D eigenvalue weighted by atomic mass is 15.0. The average molecular weight is 683 g/mol. The van der Waals surface area contributed by atoms with Crippen LogP contribution in [0.25, 0.3) is 61.0 Å². The van der Waals surface area contributed by atoms with E-state index in [1.54, 1.807) is 0 Å². The molecule has 256 valence electrons. The molecule has 2 nitrogen and oxygen atoms in total. The summed E-state index contributed by atoms with van der Waals surface area (Å²) in [6, 6.07) is 63.3. The second kappa shape index (κ2) is 13.5. The van der Waals surface area contributed by atoms with Gasteiger partial charge in [0.2, 0.25) is 0 Å². The fraction of sp³-hybridized carbons (Fsp3) is 0.0980. The van der Waals surface area contributed by atoms with Crippen LogP contribution in [0.1, 0.15) is 53.9 Å². The molecule has 0 spiro atoms. The number of nitrogens with one attached hydrogen (secondary N) is 1. The van der Waals surface area contributed by atoms with Crippen LogP contribution in [0.3, 0.4) is 0 Å². The molecule has 8 aromatic carbocycles. The fourth-order valence-corrected chi connectivity index (χ4v) is 8.28. The molecule has 1 aliphatic carbocycles. The van der Waals surface area contributed by atoms with Crippen LogP contribution >= 0.6 is 0 Å². The molecule has 0 saturated heterocycles. The van der Waals surface area contributed by atoms with Crippen molar-refractivity contribution in [2.75, 3.05) is 0 Å². The zero-order chi connectivity index (χ0) is 35.9. The van der Waals surface area contributed by atoms with E-state index in [2.05, 4.69) is 189 Å². The van der Waals surface area contributed by atoms with Gasteiger partial charge in [-0.25, -0.2) is 0 Å². The highest BCUT2D eigenvalue weighted by Gasteiger charge is 2.37. The van der Waals surface area contributed by atoms with Crippen molar-refractivity contribution in [3.8, 4) is 33.4 Å². The summed E-state index contributed by atoms with van der Waals surface area (Å²) in [5.41, 5.74) is 20.4. The Kier molecular flexibility index (Phi) is 8.35. The average Bonchev–Trinajstić information content (AvgIpc) is 3.43. The Morgan fingerprint density at radius 3 is 1.92 bits per heavy atom. The molecule has 1 aliphatic rings. The lowest BCUT2D eigenvalue weighted by Crippen LogP contribution is -2.31. The maximum atomic E-state index is 6.86. The van der Waals surface area contributed by atoms with Crippen LogP contribution in [-0.2, 0) is 5.41 Å². The Morgan fingerprint density at radius 1 is 0.491 bits per heavy atom. The first-order valence-corrected chi connectivity index (χ1v) is 18.5. The number of benzene rings is 8. The third-order valence-corrected chi connectivity index (χ3v) is 11.1. The van der Waals surface area contributed by atoms with Gasteiger partial charge in [-0.15, -0.1) is 0 Å². The predicted molar refractivity (Wildman–Crippen MR) is 225 cm³/mol. The smallest absolute Gasteiger partial charge is 0.0817 e. The molecule has 3 N–H and O–H groups in total. The molecule has 9 rings (SSSR count). The molecule has 2 unspecified atom stereocenters. The summed E-state index contributed by atoms with van der Waals surface area (Å²) < 4.78 is 0. The molecule has 0 radical (unpaired) electrons. The minimum atomic E-state index is -0.351. The third-order valence-electron chi connectivity index (χ3n) is 11.1. The van der Waals surface area contributed by atoms with E-state index in [4.69, 9.17) is 5.73 Å². The number of hydrogen-bond acceptors (Lipinski definition) is 2. The summed E-state index contributed by atoms with van der Waals surface area (Å²) in [6.45, 7) is 4.72. The zero-order valence-corrected chi connectivity index (χ0v) is 30.1. The van der Waals surface area contributed by atoms with Gasteiger partial charge in [0.15, 0.2) is 0 Å². The van der Waals surface area contributed by atoms with Gasteiger partial charge in [-0.1, -0.05) is 178 Å². The minimum Gasteiger partial charge on any atom is -0.312 e. The number of rotatable bonds is 8. The Bertz CT molecular complexity index is 2650. The molecular weight excluding hydrogens is 641 g/mol. The van der Waals surface area contributed by atoms with E-state index in [1.807, 2.05) is 18.2 Å². The summed E-state index contributed by atoms with van der Waals surface area (Å²) in [6.07, 6.45) is 4.19. The van der Waals surface area contributed by atoms with Crippen molar-refractivity contribution in [2.24, 2.45) is 5.73 Å². The summed E-state index contributed by atoms with van der Waals surface area (Å²) in [4.78, 5) is 0. The topological polar surface area (TPSA) is 38.0 Å². The quantitative estimate of drug-likeness (QED) is 0.157. The van der Waals surface area contributed by atoms with Gasteiger partial charge in [-0.3, -0.25) is 5.32 Å². The molecule has 53 heavy (non-hydrogen) atoms. The number of fused-ring (bicyclic) bond motifs is 5. The van der Waals surface area contributed by atoms with Crippen LogP contribution in [0.5, 0.6) is 0 Å². The monoisotopic (exact) mass is 682 g/mol. The molecule has 8 aromatic rings. The molecular formula is C51H42N2. The van der Waals surface area contributed by atoms with Gasteiger partial charge < -0.3 is 5.73 Å². The predicted octanol–water partition coefficient (Wildman–Crippen LogP) is 12.6. The van der Waals surface area contributed by atoms with Crippen LogP contribution in [0.15, 0.2) is 182 Å². The van der Waals surface area contributed by atoms with Gasteiger partial charge in [-0.2, -0.15) is 0 Å². The SMILES string of the molecule is CC1(C)c2cc3ccccc3cc2-c2c(-c3ccccc3/C=C/C(NC(N)c3ccccc3)c3cccc(-c4ccc5ccccc5c4)c3)cccc21. The van der Waals surface area contributed by atoms with Crippen molar-refractivity contribution in [1.82, 2.24) is 5.32 Å². The van der Waals surface area contributed by atoms with Gasteiger partial charge in [0, 0.05) is 5.41 Å². The van der Waals surface area contributed by atoms with Crippen molar-refractivity contribution >= 4 is 27.6 Å². The van der Waals surface area contributed by atoms with Gasteiger partial charge >= 0.3 is 0 Å². The van der Waals surface area contributed by atoms with Crippen LogP contribution in [0.4, 0.5) is 0 Å². The molecule has 2 atom stereocenters. The highest BCUT2D eigenvalue weighted by Crippen LogP contribution is 2.53. The summed E-state index contributed by atoms with van der Waals surface area (Å²) >= 11 is 0. The first kappa shape index (κ1) is 32.8. The molecule has 0 aromatic heterocycles. The van der Waals surface area contributed by atoms with Crippen molar-refractivity contribution in [1.29, 1.82) is 0 Å². The molecule has 2 heteroatoms. The molecule has 0 heterocycles. The standard InChI is InChI=1S/C51H42N2/c1-51(2)46-25-13-24-44(49(46)45-32-39-19-8-9-20-40(39)33-47(45)51)43-23-11-10-15-35(43)28-29-48(53-50(52)36-16-4-3-5-17-36)42-22-12-21-38(31-42)41-27-26-34-14-6-7-18-37(34)30-41/h3-33,48,50,53H,52H2,1-2H3/b29-28+.